The molecule has 2 unspecified atom stereocenters. The summed E-state index contributed by atoms with van der Waals surface area (Å²) >= 11 is 5.28. The lowest BCUT2D eigenvalue weighted by molar-refractivity contribution is 0.119. The summed E-state index contributed by atoms with van der Waals surface area (Å²) < 4.78 is 1.22. The van der Waals surface area contributed by atoms with Crippen LogP contribution < -0.4 is 0 Å². The van der Waals surface area contributed by atoms with Crippen LogP contribution in [0.4, 0.5) is 0 Å². The Kier molecular flexibility index (Phi) is 3.06. The molecule has 0 spiro atoms. The van der Waals surface area contributed by atoms with Crippen LogP contribution in [0.5, 0.6) is 0 Å². The molecule has 3 heteroatoms. The normalized spacial score (nSPS) is 29.1. The summed E-state index contributed by atoms with van der Waals surface area (Å²) in [6.45, 7) is 0. The molecule has 1 nitrogen and oxygen atoms in total. The average molecular weight is 261 g/mol. The molecule has 0 amide bonds. The molecule has 0 saturated heterocycles. The van der Waals surface area contributed by atoms with E-state index in [1.54, 1.807) is 11.3 Å². The molecular formula is C10H13BrOS. The second kappa shape index (κ2) is 4.11. The lowest BCUT2D eigenvalue weighted by Crippen LogP contribution is -2.17. The number of hydrogen-bond acceptors (Lipinski definition) is 2. The van der Waals surface area contributed by atoms with Crippen molar-refractivity contribution in [2.45, 2.75) is 37.7 Å². The summed E-state index contributed by atoms with van der Waals surface area (Å²) in [5.41, 5.74) is 1.39. The van der Waals surface area contributed by atoms with Gasteiger partial charge in [0, 0.05) is 9.85 Å². The molecule has 72 valence electrons. The third-order valence-electron chi connectivity index (χ3n) is 2.73. The Morgan fingerprint density at radius 2 is 2.23 bits per heavy atom. The van der Waals surface area contributed by atoms with Crippen molar-refractivity contribution in [1.82, 2.24) is 0 Å². The van der Waals surface area contributed by atoms with Gasteiger partial charge in [0.2, 0.25) is 0 Å². The molecule has 1 aliphatic rings. The van der Waals surface area contributed by atoms with E-state index >= 15 is 0 Å². The summed E-state index contributed by atoms with van der Waals surface area (Å²) in [6.07, 6.45) is 4.24. The number of halogens is 1. The SMILES string of the molecule is OC1CCCC(c2cscc2Br)C1. The molecule has 1 fully saturated rings. The van der Waals surface area contributed by atoms with Gasteiger partial charge >= 0.3 is 0 Å². The largest absolute Gasteiger partial charge is 0.393 e. The minimum Gasteiger partial charge on any atom is -0.393 e. The van der Waals surface area contributed by atoms with Crippen LogP contribution in [-0.4, -0.2) is 11.2 Å². The van der Waals surface area contributed by atoms with E-state index in [2.05, 4.69) is 26.7 Å². The highest BCUT2D eigenvalue weighted by Gasteiger charge is 2.23. The average Bonchev–Trinajstić information content (AvgIpc) is 2.51. The number of rotatable bonds is 1. The second-order valence-electron chi connectivity index (χ2n) is 3.69. The molecule has 0 bridgehead atoms. The van der Waals surface area contributed by atoms with Crippen LogP contribution in [0.3, 0.4) is 0 Å². The van der Waals surface area contributed by atoms with Crippen molar-refractivity contribution in [3.05, 3.63) is 20.8 Å². The molecular weight excluding hydrogens is 248 g/mol. The van der Waals surface area contributed by atoms with Gasteiger partial charge in [0.25, 0.3) is 0 Å². The van der Waals surface area contributed by atoms with Gasteiger partial charge in [-0.1, -0.05) is 6.42 Å². The van der Waals surface area contributed by atoms with Crippen LogP contribution >= 0.6 is 27.3 Å². The van der Waals surface area contributed by atoms with Crippen LogP contribution in [0, 0.1) is 0 Å². The molecule has 13 heavy (non-hydrogen) atoms. The minimum atomic E-state index is -0.0782. The lowest BCUT2D eigenvalue weighted by atomic mass is 9.84. The maximum Gasteiger partial charge on any atom is 0.0546 e. The third kappa shape index (κ3) is 2.14. The third-order valence-corrected chi connectivity index (χ3v) is 4.48. The van der Waals surface area contributed by atoms with E-state index in [0.29, 0.717) is 5.92 Å². The van der Waals surface area contributed by atoms with E-state index in [4.69, 9.17) is 0 Å². The van der Waals surface area contributed by atoms with Crippen molar-refractivity contribution in [2.75, 3.05) is 0 Å². The topological polar surface area (TPSA) is 20.2 Å². The van der Waals surface area contributed by atoms with E-state index in [0.717, 1.165) is 19.3 Å². The number of aliphatic hydroxyl groups is 1. The first-order valence-electron chi connectivity index (χ1n) is 4.67. The maximum absolute atomic E-state index is 9.56. The number of thiophene rings is 1. The smallest absolute Gasteiger partial charge is 0.0546 e. The van der Waals surface area contributed by atoms with E-state index in [1.165, 1.54) is 16.5 Å². The quantitative estimate of drug-likeness (QED) is 0.819. The first kappa shape index (κ1) is 9.69. The van der Waals surface area contributed by atoms with Crippen molar-refractivity contribution in [3.8, 4) is 0 Å². The monoisotopic (exact) mass is 260 g/mol. The zero-order chi connectivity index (χ0) is 9.26. The zero-order valence-corrected chi connectivity index (χ0v) is 9.77. The molecule has 1 aromatic rings. The number of hydrogen-bond donors (Lipinski definition) is 1. The maximum atomic E-state index is 9.56. The van der Waals surface area contributed by atoms with Crippen LogP contribution in [0.15, 0.2) is 15.2 Å². The highest BCUT2D eigenvalue weighted by atomic mass is 79.9. The van der Waals surface area contributed by atoms with Crippen LogP contribution in [-0.2, 0) is 0 Å². The fourth-order valence-electron chi connectivity index (χ4n) is 2.03. The Morgan fingerprint density at radius 3 is 2.85 bits per heavy atom. The summed E-state index contributed by atoms with van der Waals surface area (Å²) in [5, 5.41) is 13.9. The number of aliphatic hydroxyl groups excluding tert-OH is 1. The predicted octanol–water partition coefficient (Wildman–Crippen LogP) is 3.53. The van der Waals surface area contributed by atoms with E-state index in [9.17, 15) is 5.11 Å². The summed E-state index contributed by atoms with van der Waals surface area (Å²) in [4.78, 5) is 0. The molecule has 1 aromatic heterocycles. The highest BCUT2D eigenvalue weighted by molar-refractivity contribution is 9.10. The standard InChI is InChI=1S/C10H13BrOS/c11-10-6-13-5-9(10)7-2-1-3-8(12)4-7/h5-8,12H,1-4H2. The van der Waals surface area contributed by atoms with Gasteiger partial charge in [-0.15, -0.1) is 0 Å². The first-order chi connectivity index (χ1) is 6.27. The van der Waals surface area contributed by atoms with Gasteiger partial charge in [-0.05, 0) is 52.1 Å². The van der Waals surface area contributed by atoms with Crippen LogP contribution in [0.1, 0.15) is 37.2 Å². The van der Waals surface area contributed by atoms with Gasteiger partial charge in [-0.3, -0.25) is 0 Å². The fraction of sp³-hybridized carbons (Fsp3) is 0.600. The van der Waals surface area contributed by atoms with Gasteiger partial charge in [-0.2, -0.15) is 11.3 Å². The fourth-order valence-corrected chi connectivity index (χ4v) is 3.73. The van der Waals surface area contributed by atoms with Crippen molar-refractivity contribution in [1.29, 1.82) is 0 Å². The summed E-state index contributed by atoms with van der Waals surface area (Å²) in [5.74, 6) is 0.573. The Hall–Kier alpha value is 0.140. The molecule has 0 aromatic carbocycles. The molecule has 1 N–H and O–H groups in total. The molecule has 2 atom stereocenters. The summed E-state index contributed by atoms with van der Waals surface area (Å²) in [7, 11) is 0. The van der Waals surface area contributed by atoms with Gasteiger partial charge in [0.15, 0.2) is 0 Å². The molecule has 1 heterocycles. The summed E-state index contributed by atoms with van der Waals surface area (Å²) in [6, 6.07) is 0. The molecule has 1 aliphatic carbocycles. The van der Waals surface area contributed by atoms with Crippen molar-refractivity contribution >= 4 is 27.3 Å². The molecule has 0 aliphatic heterocycles. The molecule has 0 radical (unpaired) electrons. The van der Waals surface area contributed by atoms with Crippen LogP contribution in [0.2, 0.25) is 0 Å². The van der Waals surface area contributed by atoms with E-state index in [1.807, 2.05) is 0 Å². The highest BCUT2D eigenvalue weighted by Crippen LogP contribution is 2.38. The van der Waals surface area contributed by atoms with Crippen molar-refractivity contribution in [2.24, 2.45) is 0 Å². The zero-order valence-electron chi connectivity index (χ0n) is 7.37. The van der Waals surface area contributed by atoms with Gasteiger partial charge < -0.3 is 5.11 Å². The van der Waals surface area contributed by atoms with Crippen molar-refractivity contribution < 1.29 is 5.11 Å². The Morgan fingerprint density at radius 1 is 1.38 bits per heavy atom. The Balaban J connectivity index is 2.12. The van der Waals surface area contributed by atoms with Gasteiger partial charge in [0.05, 0.1) is 6.10 Å². The molecule has 2 rings (SSSR count). The Bertz CT molecular complexity index is 284. The van der Waals surface area contributed by atoms with Crippen LogP contribution in [0.25, 0.3) is 0 Å². The minimum absolute atomic E-state index is 0.0782. The first-order valence-corrected chi connectivity index (χ1v) is 6.40. The predicted molar refractivity (Wildman–Crippen MR) is 59.2 cm³/mol. The Labute approximate surface area is 90.9 Å². The molecule has 1 saturated carbocycles. The van der Waals surface area contributed by atoms with E-state index < -0.39 is 0 Å². The van der Waals surface area contributed by atoms with E-state index in [-0.39, 0.29) is 6.10 Å². The van der Waals surface area contributed by atoms with Gasteiger partial charge in [-0.25, -0.2) is 0 Å². The second-order valence-corrected chi connectivity index (χ2v) is 5.29. The van der Waals surface area contributed by atoms with Gasteiger partial charge in [0.1, 0.15) is 0 Å². The lowest BCUT2D eigenvalue weighted by Gasteiger charge is -2.25. The van der Waals surface area contributed by atoms with Crippen molar-refractivity contribution in [3.63, 3.8) is 0 Å².